The maximum absolute atomic E-state index is 10.2. The Morgan fingerprint density at radius 2 is 1.63 bits per heavy atom. The number of hydrogen-bond acceptors (Lipinski definition) is 9. The molecular formula is C16H21N5O6. The smallest absolute Gasteiger partial charge is 0.294 e. The number of fused-ring (bicyclic) bond motifs is 1. The van der Waals surface area contributed by atoms with Crippen molar-refractivity contribution in [1.29, 1.82) is 0 Å². The van der Waals surface area contributed by atoms with Crippen molar-refractivity contribution in [1.82, 2.24) is 9.88 Å². The van der Waals surface area contributed by atoms with Gasteiger partial charge in [-0.2, -0.15) is 0 Å². The second-order valence-corrected chi connectivity index (χ2v) is 5.62. The highest BCUT2D eigenvalue weighted by molar-refractivity contribution is 5.79. The van der Waals surface area contributed by atoms with E-state index in [0.717, 1.165) is 16.7 Å². The second kappa shape index (κ2) is 10.7. The number of rotatable bonds is 13. The van der Waals surface area contributed by atoms with Crippen LogP contribution in [0.3, 0.4) is 0 Å². The molecule has 0 atom stereocenters. The first-order valence-electron chi connectivity index (χ1n) is 8.41. The number of anilines is 1. The molecule has 0 aliphatic heterocycles. The van der Waals surface area contributed by atoms with Crippen molar-refractivity contribution in [3.63, 3.8) is 0 Å². The molecule has 1 heterocycles. The lowest BCUT2D eigenvalue weighted by molar-refractivity contribution is -0.758. The summed E-state index contributed by atoms with van der Waals surface area (Å²) >= 11 is 0. The van der Waals surface area contributed by atoms with E-state index in [1.54, 1.807) is 0 Å². The van der Waals surface area contributed by atoms with E-state index in [9.17, 15) is 20.2 Å². The fourth-order valence-corrected chi connectivity index (χ4v) is 2.51. The highest BCUT2D eigenvalue weighted by Gasteiger charge is 2.08. The molecule has 0 spiro atoms. The predicted molar refractivity (Wildman–Crippen MR) is 97.2 cm³/mol. The summed E-state index contributed by atoms with van der Waals surface area (Å²) in [6.45, 7) is 1.54. The molecular weight excluding hydrogens is 358 g/mol. The lowest BCUT2D eigenvalue weighted by atomic mass is 10.2. The fourth-order valence-electron chi connectivity index (χ4n) is 2.51. The SMILES string of the molecule is O=[N+]([O-])OCCN(CCCNc1ccc2ccccc2n1)CCO[N+](=O)[O-]. The Hall–Kier alpha value is -3.21. The Balaban J connectivity index is 1.76. The van der Waals surface area contributed by atoms with E-state index in [2.05, 4.69) is 20.0 Å². The zero-order valence-corrected chi connectivity index (χ0v) is 14.7. The maximum atomic E-state index is 10.2. The van der Waals surface area contributed by atoms with Gasteiger partial charge in [-0.1, -0.05) is 18.2 Å². The molecule has 1 N–H and O–H groups in total. The number of hydrogen-bond donors (Lipinski definition) is 1. The summed E-state index contributed by atoms with van der Waals surface area (Å²) in [7, 11) is 0. The Labute approximate surface area is 155 Å². The molecule has 0 aliphatic carbocycles. The second-order valence-electron chi connectivity index (χ2n) is 5.62. The number of nitrogens with one attached hydrogen (secondary N) is 1. The average Bonchev–Trinajstić information content (AvgIpc) is 2.64. The van der Waals surface area contributed by atoms with Gasteiger partial charge in [-0.3, -0.25) is 4.90 Å². The summed E-state index contributed by atoms with van der Waals surface area (Å²) in [5, 5.41) is 23.0. The Kier molecular flexibility index (Phi) is 7.97. The van der Waals surface area contributed by atoms with Crippen LogP contribution >= 0.6 is 0 Å². The summed E-state index contributed by atoms with van der Waals surface area (Å²) in [6.07, 6.45) is 0.714. The summed E-state index contributed by atoms with van der Waals surface area (Å²) in [5.74, 6) is 0.758. The Morgan fingerprint density at radius 1 is 0.963 bits per heavy atom. The topological polar surface area (TPSA) is 133 Å². The van der Waals surface area contributed by atoms with E-state index >= 15 is 0 Å². The first-order chi connectivity index (χ1) is 13.0. The minimum atomic E-state index is -0.862. The molecule has 2 aromatic rings. The summed E-state index contributed by atoms with van der Waals surface area (Å²) in [5.41, 5.74) is 0.901. The highest BCUT2D eigenvalue weighted by atomic mass is 17.0. The van der Waals surface area contributed by atoms with Crippen LogP contribution in [0.25, 0.3) is 10.9 Å². The van der Waals surface area contributed by atoms with Crippen molar-refractivity contribution in [2.75, 3.05) is 44.7 Å². The predicted octanol–water partition coefficient (Wildman–Crippen LogP) is 1.76. The van der Waals surface area contributed by atoms with Crippen molar-refractivity contribution < 1.29 is 19.8 Å². The molecule has 27 heavy (non-hydrogen) atoms. The van der Waals surface area contributed by atoms with Crippen LogP contribution < -0.4 is 5.32 Å². The van der Waals surface area contributed by atoms with E-state index in [1.165, 1.54) is 0 Å². The maximum Gasteiger partial charge on any atom is 0.294 e. The molecule has 0 saturated carbocycles. The molecule has 0 unspecified atom stereocenters. The van der Waals surface area contributed by atoms with Gasteiger partial charge in [-0.25, -0.2) is 4.98 Å². The number of nitrogens with zero attached hydrogens (tertiary/aromatic N) is 4. The molecule has 0 radical (unpaired) electrons. The van der Waals surface area contributed by atoms with Crippen molar-refractivity contribution >= 4 is 16.7 Å². The third-order valence-corrected chi connectivity index (χ3v) is 3.76. The van der Waals surface area contributed by atoms with Crippen LogP contribution in [0.5, 0.6) is 0 Å². The van der Waals surface area contributed by atoms with Crippen LogP contribution in [0.1, 0.15) is 6.42 Å². The van der Waals surface area contributed by atoms with Crippen LogP contribution in [0.2, 0.25) is 0 Å². The first-order valence-corrected chi connectivity index (χ1v) is 8.41. The minimum absolute atomic E-state index is 0.106. The zero-order chi connectivity index (χ0) is 19.5. The molecule has 0 fully saturated rings. The lowest BCUT2D eigenvalue weighted by Crippen LogP contribution is -2.33. The highest BCUT2D eigenvalue weighted by Crippen LogP contribution is 2.14. The van der Waals surface area contributed by atoms with Crippen molar-refractivity contribution in [3.05, 3.63) is 56.6 Å². The standard InChI is InChI=1S/C16H21N5O6/c22-20(23)26-12-10-19(11-13-27-21(24)25)9-3-8-17-16-7-6-14-4-1-2-5-15(14)18-16/h1-2,4-7H,3,8-13H2,(H,17,18). The van der Waals surface area contributed by atoms with Gasteiger partial charge in [-0.05, 0) is 31.2 Å². The molecule has 2 rings (SSSR count). The average molecular weight is 379 g/mol. The van der Waals surface area contributed by atoms with E-state index in [4.69, 9.17) is 0 Å². The van der Waals surface area contributed by atoms with Gasteiger partial charge < -0.3 is 15.0 Å². The lowest BCUT2D eigenvalue weighted by Gasteiger charge is -2.21. The van der Waals surface area contributed by atoms with Crippen LogP contribution in [-0.2, 0) is 9.68 Å². The van der Waals surface area contributed by atoms with Crippen molar-refractivity contribution in [3.8, 4) is 0 Å². The largest absolute Gasteiger partial charge is 0.370 e. The van der Waals surface area contributed by atoms with Gasteiger partial charge in [0.25, 0.3) is 10.2 Å². The number of pyridine rings is 1. The van der Waals surface area contributed by atoms with Gasteiger partial charge in [0.2, 0.25) is 0 Å². The summed E-state index contributed by atoms with van der Waals surface area (Å²) in [6, 6.07) is 11.7. The van der Waals surface area contributed by atoms with Gasteiger partial charge in [0, 0.05) is 25.0 Å². The first kappa shape index (κ1) is 20.1. The van der Waals surface area contributed by atoms with Crippen LogP contribution in [0, 0.1) is 20.2 Å². The zero-order valence-electron chi connectivity index (χ0n) is 14.7. The van der Waals surface area contributed by atoms with Crippen LogP contribution in [0.4, 0.5) is 5.82 Å². The third kappa shape index (κ3) is 7.69. The van der Waals surface area contributed by atoms with Crippen LogP contribution in [-0.4, -0.2) is 59.4 Å². The number of benzene rings is 1. The summed E-state index contributed by atoms with van der Waals surface area (Å²) in [4.78, 5) is 35.4. The Bertz CT molecular complexity index is 739. The molecule has 11 heteroatoms. The molecule has 0 amide bonds. The monoisotopic (exact) mass is 379 g/mol. The third-order valence-electron chi connectivity index (χ3n) is 3.76. The number of aromatic nitrogens is 1. The van der Waals surface area contributed by atoms with Gasteiger partial charge in [0.1, 0.15) is 19.0 Å². The summed E-state index contributed by atoms with van der Waals surface area (Å²) < 4.78 is 0. The Morgan fingerprint density at radius 3 is 2.30 bits per heavy atom. The minimum Gasteiger partial charge on any atom is -0.370 e. The van der Waals surface area contributed by atoms with Crippen molar-refractivity contribution in [2.45, 2.75) is 6.42 Å². The normalized spacial score (nSPS) is 10.7. The van der Waals surface area contributed by atoms with E-state index in [0.29, 0.717) is 19.5 Å². The van der Waals surface area contributed by atoms with Gasteiger partial charge in [0.15, 0.2) is 0 Å². The van der Waals surface area contributed by atoms with E-state index in [1.807, 2.05) is 41.3 Å². The quantitative estimate of drug-likeness (QED) is 0.314. The molecule has 146 valence electrons. The molecule has 11 nitrogen and oxygen atoms in total. The molecule has 0 bridgehead atoms. The van der Waals surface area contributed by atoms with Gasteiger partial charge in [-0.15, -0.1) is 20.2 Å². The molecule has 0 aliphatic rings. The van der Waals surface area contributed by atoms with Crippen LogP contribution in [0.15, 0.2) is 36.4 Å². The molecule has 0 saturated heterocycles. The fraction of sp³-hybridized carbons (Fsp3) is 0.438. The molecule has 1 aromatic heterocycles. The van der Waals surface area contributed by atoms with E-state index in [-0.39, 0.29) is 26.3 Å². The molecule has 1 aromatic carbocycles. The van der Waals surface area contributed by atoms with Gasteiger partial charge >= 0.3 is 0 Å². The number of para-hydroxylation sites is 1. The van der Waals surface area contributed by atoms with Gasteiger partial charge in [0.05, 0.1) is 5.52 Å². The van der Waals surface area contributed by atoms with Crippen molar-refractivity contribution in [2.24, 2.45) is 0 Å². The van der Waals surface area contributed by atoms with E-state index < -0.39 is 10.2 Å².